The van der Waals surface area contributed by atoms with Crippen LogP contribution in [0.4, 0.5) is 9.59 Å². The molecule has 0 aromatic heterocycles. The SMILES string of the molecule is CCOC(=O)CCN(C[Si](C)(C)O[Si](C)(C)CN(CCC(=O)OCC)C(=O)NN=C=O)C(=O)NN=C=O. The van der Waals surface area contributed by atoms with Crippen LogP contribution in [0.2, 0.25) is 26.2 Å². The highest BCUT2D eigenvalue weighted by atomic mass is 28.4. The van der Waals surface area contributed by atoms with Crippen LogP contribution >= 0.6 is 0 Å². The van der Waals surface area contributed by atoms with Crippen LogP contribution in [0.1, 0.15) is 26.7 Å². The van der Waals surface area contributed by atoms with Gasteiger partial charge in [-0.15, -0.1) is 0 Å². The van der Waals surface area contributed by atoms with Gasteiger partial charge in [0.25, 0.3) is 12.2 Å². The molecule has 0 atom stereocenters. The minimum Gasteiger partial charge on any atom is -0.466 e. The Bertz CT molecular complexity index is 820. The van der Waals surface area contributed by atoms with Gasteiger partial charge in [-0.1, -0.05) is 10.2 Å². The Morgan fingerprint density at radius 2 is 1.08 bits per heavy atom. The van der Waals surface area contributed by atoms with Crippen LogP contribution in [-0.2, 0) is 32.8 Å². The summed E-state index contributed by atoms with van der Waals surface area (Å²) in [6.45, 7) is 11.1. The lowest BCUT2D eigenvalue weighted by atomic mass is 10.4. The molecular weight excluding hydrogens is 524 g/mol. The lowest BCUT2D eigenvalue weighted by molar-refractivity contribution is -0.144. The number of carbonyl (C=O) groups is 4. The van der Waals surface area contributed by atoms with Crippen molar-refractivity contribution in [2.75, 3.05) is 38.6 Å². The van der Waals surface area contributed by atoms with Crippen molar-refractivity contribution in [1.82, 2.24) is 20.7 Å². The summed E-state index contributed by atoms with van der Waals surface area (Å²) in [5.41, 5.74) is 4.09. The molecule has 0 fully saturated rings. The summed E-state index contributed by atoms with van der Waals surface area (Å²) in [6.07, 6.45) is 2.55. The average molecular weight is 561 g/mol. The molecule has 0 unspecified atom stereocenters. The van der Waals surface area contributed by atoms with E-state index in [0.717, 1.165) is 0 Å². The van der Waals surface area contributed by atoms with Gasteiger partial charge in [0.15, 0.2) is 16.6 Å². The fraction of sp³-hybridized carbons (Fsp3) is 0.700. The van der Waals surface area contributed by atoms with Crippen molar-refractivity contribution in [3.63, 3.8) is 0 Å². The van der Waals surface area contributed by atoms with Gasteiger partial charge < -0.3 is 23.4 Å². The maximum Gasteiger partial charge on any atom is 0.338 e. The second-order valence-electron chi connectivity index (χ2n) is 8.81. The van der Waals surface area contributed by atoms with Gasteiger partial charge >= 0.3 is 24.0 Å². The molecule has 0 spiro atoms. The molecule has 17 heteroatoms. The molecular formula is C20H36N6O9Si2. The minimum absolute atomic E-state index is 0.00140. The first-order chi connectivity index (χ1) is 17.3. The third kappa shape index (κ3) is 15.4. The Morgan fingerprint density at radius 1 is 0.730 bits per heavy atom. The van der Waals surface area contributed by atoms with Gasteiger partial charge in [-0.25, -0.2) is 30.0 Å². The van der Waals surface area contributed by atoms with E-state index in [1.54, 1.807) is 13.8 Å². The molecule has 15 nitrogen and oxygen atoms in total. The number of hydrogen-bond donors (Lipinski definition) is 2. The molecule has 0 radical (unpaired) electrons. The van der Waals surface area contributed by atoms with E-state index in [0.29, 0.717) is 0 Å². The third-order valence-electron chi connectivity index (χ3n) is 4.45. The average Bonchev–Trinajstić information content (AvgIpc) is 2.80. The highest BCUT2D eigenvalue weighted by molar-refractivity contribution is 6.85. The standard InChI is InChI=1S/C20H36N6O9Si2/c1-7-33-17(29)9-11-25(19(31)23-21-13-27)15-36(3,4)35-37(5,6)16-26(20(32)24-22-14-28)12-10-18(30)34-8-2/h7-12,15-16H2,1-6H3,(H,23,31)(H,24,32). The molecule has 0 aromatic rings. The normalized spacial score (nSPS) is 10.8. The monoisotopic (exact) mass is 560 g/mol. The van der Waals surface area contributed by atoms with E-state index in [1.807, 2.05) is 37.0 Å². The Hall–Kier alpha value is -3.37. The third-order valence-corrected chi connectivity index (χ3v) is 11.2. The first-order valence-corrected chi connectivity index (χ1v) is 17.8. The van der Waals surface area contributed by atoms with Gasteiger partial charge in [0, 0.05) is 25.4 Å². The van der Waals surface area contributed by atoms with Crippen molar-refractivity contribution >= 4 is 52.8 Å². The van der Waals surface area contributed by atoms with Gasteiger partial charge in [0.1, 0.15) is 0 Å². The van der Waals surface area contributed by atoms with Crippen LogP contribution in [0.25, 0.3) is 0 Å². The number of isocyanates is 2. The molecule has 0 aliphatic rings. The number of urea groups is 2. The molecule has 0 heterocycles. The zero-order valence-electron chi connectivity index (χ0n) is 22.1. The van der Waals surface area contributed by atoms with Crippen molar-refractivity contribution in [2.45, 2.75) is 52.9 Å². The predicted octanol–water partition coefficient (Wildman–Crippen LogP) is 0.923. The first kappa shape index (κ1) is 33.6. The molecule has 2 N–H and O–H groups in total. The summed E-state index contributed by atoms with van der Waals surface area (Å²) in [6, 6.07) is -1.42. The molecule has 0 aliphatic heterocycles. The van der Waals surface area contributed by atoms with Crippen molar-refractivity contribution in [2.24, 2.45) is 10.2 Å². The van der Waals surface area contributed by atoms with Crippen molar-refractivity contribution in [3.8, 4) is 0 Å². The quantitative estimate of drug-likeness (QED) is 0.0910. The molecule has 0 aromatic carbocycles. The number of hydrazone groups is 2. The summed E-state index contributed by atoms with van der Waals surface area (Å²) in [4.78, 5) is 72.0. The summed E-state index contributed by atoms with van der Waals surface area (Å²) in [7, 11) is -5.36. The molecule has 0 saturated heterocycles. The molecule has 0 rings (SSSR count). The number of esters is 2. The second-order valence-corrected chi connectivity index (χ2v) is 17.3. The van der Waals surface area contributed by atoms with Crippen molar-refractivity contribution in [1.29, 1.82) is 0 Å². The smallest absolute Gasteiger partial charge is 0.338 e. The molecule has 0 aliphatic carbocycles. The zero-order valence-corrected chi connectivity index (χ0v) is 24.1. The van der Waals surface area contributed by atoms with Gasteiger partial charge in [-0.3, -0.25) is 9.59 Å². The molecule has 0 bridgehead atoms. The highest BCUT2D eigenvalue weighted by Gasteiger charge is 2.38. The van der Waals surface area contributed by atoms with Gasteiger partial charge in [-0.05, 0) is 40.0 Å². The van der Waals surface area contributed by atoms with Crippen molar-refractivity contribution in [3.05, 3.63) is 0 Å². The zero-order chi connectivity index (χ0) is 28.5. The Kier molecular flexibility index (Phi) is 15.6. The van der Waals surface area contributed by atoms with Crippen LogP contribution in [-0.4, -0.2) is 101 Å². The Morgan fingerprint density at radius 3 is 1.38 bits per heavy atom. The number of hydrogen-bond acceptors (Lipinski definition) is 11. The maximum absolute atomic E-state index is 12.5. The number of amides is 4. The minimum atomic E-state index is -2.68. The fourth-order valence-electron chi connectivity index (χ4n) is 3.44. The Balaban J connectivity index is 5.55. The van der Waals surface area contributed by atoms with E-state index in [-0.39, 0.29) is 51.5 Å². The maximum atomic E-state index is 12.5. The highest BCUT2D eigenvalue weighted by Crippen LogP contribution is 2.18. The predicted molar refractivity (Wildman–Crippen MR) is 135 cm³/mol. The number of carbonyl (C=O) groups excluding carboxylic acids is 6. The lowest BCUT2D eigenvalue weighted by Crippen LogP contribution is -2.58. The number of rotatable bonds is 16. The summed E-state index contributed by atoms with van der Waals surface area (Å²) in [5.74, 6) is -0.981. The summed E-state index contributed by atoms with van der Waals surface area (Å²) >= 11 is 0. The van der Waals surface area contributed by atoms with E-state index in [9.17, 15) is 28.8 Å². The number of ether oxygens (including phenoxy) is 2. The molecule has 4 amide bonds. The Labute approximate surface area is 217 Å². The van der Waals surface area contributed by atoms with E-state index in [1.165, 1.54) is 22.0 Å². The van der Waals surface area contributed by atoms with E-state index >= 15 is 0 Å². The lowest BCUT2D eigenvalue weighted by Gasteiger charge is -2.39. The summed E-state index contributed by atoms with van der Waals surface area (Å²) < 4.78 is 16.3. The van der Waals surface area contributed by atoms with Gasteiger partial charge in [-0.2, -0.15) is 0 Å². The van der Waals surface area contributed by atoms with Crippen LogP contribution in [0.3, 0.4) is 0 Å². The van der Waals surface area contributed by atoms with Crippen LogP contribution in [0.5, 0.6) is 0 Å². The first-order valence-electron chi connectivity index (χ1n) is 11.6. The van der Waals surface area contributed by atoms with Gasteiger partial charge in [0.2, 0.25) is 0 Å². The summed E-state index contributed by atoms with van der Waals surface area (Å²) in [5, 5.41) is 6.17. The topological polar surface area (TPSA) is 185 Å². The fourth-order valence-corrected chi connectivity index (χ4v) is 12.4. The van der Waals surface area contributed by atoms with Crippen molar-refractivity contribution < 1.29 is 42.4 Å². The molecule has 208 valence electrons. The van der Waals surface area contributed by atoms with E-state index in [4.69, 9.17) is 13.6 Å². The van der Waals surface area contributed by atoms with Gasteiger partial charge in [0.05, 0.1) is 26.1 Å². The van der Waals surface area contributed by atoms with Crippen LogP contribution < -0.4 is 10.9 Å². The van der Waals surface area contributed by atoms with Crippen LogP contribution in [0, 0.1) is 0 Å². The molecule has 0 saturated carbocycles. The number of nitrogens with one attached hydrogen (secondary N) is 2. The largest absolute Gasteiger partial charge is 0.466 e. The number of nitrogens with zero attached hydrogens (tertiary/aromatic N) is 4. The van der Waals surface area contributed by atoms with E-state index in [2.05, 4.69) is 10.2 Å². The second kappa shape index (κ2) is 17.2. The van der Waals surface area contributed by atoms with E-state index < -0.39 is 40.6 Å². The van der Waals surface area contributed by atoms with Crippen LogP contribution in [0.15, 0.2) is 10.2 Å². The molecule has 37 heavy (non-hydrogen) atoms.